The van der Waals surface area contributed by atoms with Gasteiger partial charge in [-0.3, -0.25) is 4.98 Å². The summed E-state index contributed by atoms with van der Waals surface area (Å²) in [6, 6.07) is 6.84. The first-order valence-electron chi connectivity index (χ1n) is 5.86. The van der Waals surface area contributed by atoms with E-state index in [2.05, 4.69) is 10.1 Å². The molecule has 3 aromatic rings. The smallest absolute Gasteiger partial charge is 0.151 e. The number of pyridine rings is 1. The van der Waals surface area contributed by atoms with Gasteiger partial charge in [-0.2, -0.15) is 5.10 Å². The lowest BCUT2D eigenvalue weighted by molar-refractivity contribution is 0.574. The Kier molecular flexibility index (Phi) is 2.90. The van der Waals surface area contributed by atoms with Gasteiger partial charge in [0.1, 0.15) is 17.2 Å². The second kappa shape index (κ2) is 4.73. The van der Waals surface area contributed by atoms with Crippen molar-refractivity contribution in [2.24, 2.45) is 0 Å². The largest absolute Gasteiger partial charge is 0.396 e. The zero-order chi connectivity index (χ0) is 14.1. The summed E-state index contributed by atoms with van der Waals surface area (Å²) in [5, 5.41) is 4.23. The molecule has 2 N–H and O–H groups in total. The van der Waals surface area contributed by atoms with Crippen LogP contribution in [0.2, 0.25) is 0 Å². The Hall–Kier alpha value is -2.76. The molecule has 0 fully saturated rings. The topological polar surface area (TPSA) is 56.7 Å². The highest BCUT2D eigenvalue weighted by atomic mass is 19.1. The highest BCUT2D eigenvalue weighted by Crippen LogP contribution is 2.25. The number of halogens is 2. The molecular weight excluding hydrogens is 262 g/mol. The van der Waals surface area contributed by atoms with E-state index in [4.69, 9.17) is 5.73 Å². The maximum absolute atomic E-state index is 13.7. The summed E-state index contributed by atoms with van der Waals surface area (Å²) in [4.78, 5) is 3.98. The van der Waals surface area contributed by atoms with Gasteiger partial charge in [0, 0.05) is 24.0 Å². The van der Waals surface area contributed by atoms with Crippen molar-refractivity contribution < 1.29 is 8.78 Å². The second-order valence-electron chi connectivity index (χ2n) is 4.22. The number of nitrogen functional groups attached to an aromatic ring is 1. The molecule has 0 aliphatic carbocycles. The van der Waals surface area contributed by atoms with Crippen LogP contribution in [0, 0.1) is 11.6 Å². The second-order valence-corrected chi connectivity index (χ2v) is 4.22. The molecule has 0 aliphatic heterocycles. The fourth-order valence-electron chi connectivity index (χ4n) is 1.90. The molecule has 3 rings (SSSR count). The zero-order valence-corrected chi connectivity index (χ0v) is 10.3. The molecule has 6 heteroatoms. The minimum absolute atomic E-state index is 0.133. The van der Waals surface area contributed by atoms with Crippen LogP contribution in [-0.4, -0.2) is 14.8 Å². The molecule has 4 nitrogen and oxygen atoms in total. The van der Waals surface area contributed by atoms with Crippen LogP contribution in [0.25, 0.3) is 16.9 Å². The first kappa shape index (κ1) is 12.3. The van der Waals surface area contributed by atoms with Gasteiger partial charge in [0.15, 0.2) is 5.82 Å². The SMILES string of the molecule is Nc1cn(-c2ccc(F)cc2F)nc1-c1cccnc1. The summed E-state index contributed by atoms with van der Waals surface area (Å²) in [6.45, 7) is 0. The summed E-state index contributed by atoms with van der Waals surface area (Å²) in [5.74, 6) is -1.34. The van der Waals surface area contributed by atoms with Crippen LogP contribution in [0.4, 0.5) is 14.5 Å². The molecule has 0 saturated heterocycles. The number of anilines is 1. The van der Waals surface area contributed by atoms with Gasteiger partial charge in [0.25, 0.3) is 0 Å². The van der Waals surface area contributed by atoms with Crippen LogP contribution in [0.1, 0.15) is 0 Å². The van der Waals surface area contributed by atoms with Gasteiger partial charge in [0.2, 0.25) is 0 Å². The fraction of sp³-hybridized carbons (Fsp3) is 0. The number of benzene rings is 1. The van der Waals surface area contributed by atoms with E-state index < -0.39 is 11.6 Å². The summed E-state index contributed by atoms with van der Waals surface area (Å²) in [7, 11) is 0. The lowest BCUT2D eigenvalue weighted by atomic mass is 10.2. The van der Waals surface area contributed by atoms with Gasteiger partial charge in [-0.1, -0.05) is 0 Å². The molecule has 0 spiro atoms. The summed E-state index contributed by atoms with van der Waals surface area (Å²) in [6.07, 6.45) is 4.74. The molecule has 1 aromatic carbocycles. The monoisotopic (exact) mass is 272 g/mol. The molecule has 2 aromatic heterocycles. The van der Waals surface area contributed by atoms with E-state index in [1.807, 2.05) is 0 Å². The summed E-state index contributed by atoms with van der Waals surface area (Å²) >= 11 is 0. The van der Waals surface area contributed by atoms with Crippen molar-refractivity contribution in [2.75, 3.05) is 5.73 Å². The quantitative estimate of drug-likeness (QED) is 0.780. The van der Waals surface area contributed by atoms with Crippen molar-refractivity contribution >= 4 is 5.69 Å². The Bertz CT molecular complexity index is 753. The van der Waals surface area contributed by atoms with Crippen LogP contribution in [-0.2, 0) is 0 Å². The number of nitrogens with two attached hydrogens (primary N) is 1. The zero-order valence-electron chi connectivity index (χ0n) is 10.3. The Balaban J connectivity index is 2.09. The van der Waals surface area contributed by atoms with Crippen LogP contribution in [0.15, 0.2) is 48.9 Å². The van der Waals surface area contributed by atoms with E-state index in [1.54, 1.807) is 24.5 Å². The highest BCUT2D eigenvalue weighted by molar-refractivity contribution is 5.71. The molecule has 0 unspecified atom stereocenters. The lowest BCUT2D eigenvalue weighted by Gasteiger charge is -2.02. The third-order valence-electron chi connectivity index (χ3n) is 2.83. The number of hydrogen-bond donors (Lipinski definition) is 1. The average Bonchev–Trinajstić information content (AvgIpc) is 2.81. The minimum Gasteiger partial charge on any atom is -0.396 e. The van der Waals surface area contributed by atoms with Gasteiger partial charge in [-0.25, -0.2) is 13.5 Å². The van der Waals surface area contributed by atoms with E-state index in [9.17, 15) is 8.78 Å². The van der Waals surface area contributed by atoms with Gasteiger partial charge in [-0.15, -0.1) is 0 Å². The molecule has 0 amide bonds. The van der Waals surface area contributed by atoms with Crippen LogP contribution < -0.4 is 5.73 Å². The standard InChI is InChI=1S/C14H10F2N4/c15-10-3-4-13(11(16)6-10)20-8-12(17)14(19-20)9-2-1-5-18-7-9/h1-8H,17H2. The molecule has 0 bridgehead atoms. The van der Waals surface area contributed by atoms with Crippen LogP contribution >= 0.6 is 0 Å². The predicted octanol–water partition coefficient (Wildman–Crippen LogP) is 2.79. The molecule has 0 saturated carbocycles. The number of hydrogen-bond acceptors (Lipinski definition) is 3. The number of nitrogens with zero attached hydrogens (tertiary/aromatic N) is 3. The lowest BCUT2D eigenvalue weighted by Crippen LogP contribution is -1.99. The number of aromatic nitrogens is 3. The van der Waals surface area contributed by atoms with Gasteiger partial charge in [0.05, 0.1) is 11.9 Å². The first-order chi connectivity index (χ1) is 9.65. The van der Waals surface area contributed by atoms with Crippen LogP contribution in [0.3, 0.4) is 0 Å². The average molecular weight is 272 g/mol. The van der Waals surface area contributed by atoms with Crippen molar-refractivity contribution in [1.82, 2.24) is 14.8 Å². The normalized spacial score (nSPS) is 10.7. The van der Waals surface area contributed by atoms with Gasteiger partial charge in [-0.05, 0) is 24.3 Å². The van der Waals surface area contributed by atoms with Crippen molar-refractivity contribution in [3.63, 3.8) is 0 Å². The Morgan fingerprint density at radius 2 is 2.00 bits per heavy atom. The van der Waals surface area contributed by atoms with Gasteiger partial charge < -0.3 is 5.73 Å². The molecule has 0 aliphatic rings. The Morgan fingerprint density at radius 3 is 2.70 bits per heavy atom. The summed E-state index contributed by atoms with van der Waals surface area (Å²) < 4.78 is 27.9. The number of rotatable bonds is 2. The highest BCUT2D eigenvalue weighted by Gasteiger charge is 2.12. The van der Waals surface area contributed by atoms with Crippen molar-refractivity contribution in [3.05, 3.63) is 60.6 Å². The maximum atomic E-state index is 13.7. The Morgan fingerprint density at radius 1 is 1.15 bits per heavy atom. The van der Waals surface area contributed by atoms with Crippen molar-refractivity contribution in [2.45, 2.75) is 0 Å². The van der Waals surface area contributed by atoms with E-state index in [-0.39, 0.29) is 5.69 Å². The molecule has 0 atom stereocenters. The van der Waals surface area contributed by atoms with E-state index in [0.717, 1.165) is 11.6 Å². The van der Waals surface area contributed by atoms with Crippen molar-refractivity contribution in [1.29, 1.82) is 0 Å². The minimum atomic E-state index is -0.703. The fourth-order valence-corrected chi connectivity index (χ4v) is 1.90. The van der Waals surface area contributed by atoms with E-state index in [0.29, 0.717) is 11.4 Å². The third kappa shape index (κ3) is 2.11. The molecule has 0 radical (unpaired) electrons. The molecule has 100 valence electrons. The summed E-state index contributed by atoms with van der Waals surface area (Å²) in [5.41, 5.74) is 7.64. The van der Waals surface area contributed by atoms with E-state index in [1.165, 1.54) is 23.0 Å². The first-order valence-corrected chi connectivity index (χ1v) is 5.86. The molecule has 2 heterocycles. The molecule has 20 heavy (non-hydrogen) atoms. The molecular formula is C14H10F2N4. The predicted molar refractivity (Wildman–Crippen MR) is 71.1 cm³/mol. The van der Waals surface area contributed by atoms with E-state index >= 15 is 0 Å². The third-order valence-corrected chi connectivity index (χ3v) is 2.83. The maximum Gasteiger partial charge on any atom is 0.151 e. The van der Waals surface area contributed by atoms with Crippen molar-refractivity contribution in [3.8, 4) is 16.9 Å². The van der Waals surface area contributed by atoms with Crippen LogP contribution in [0.5, 0.6) is 0 Å². The van der Waals surface area contributed by atoms with Gasteiger partial charge >= 0.3 is 0 Å². The Labute approximate surface area is 113 Å².